The second-order valence-corrected chi connectivity index (χ2v) is 9.83. The number of amides is 1. The van der Waals surface area contributed by atoms with Gasteiger partial charge in [-0.1, -0.05) is 6.07 Å². The van der Waals surface area contributed by atoms with Crippen LogP contribution in [0, 0.1) is 0 Å². The lowest BCUT2D eigenvalue weighted by atomic mass is 9.94. The van der Waals surface area contributed by atoms with Crippen molar-refractivity contribution in [1.29, 1.82) is 0 Å². The first kappa shape index (κ1) is 23.0. The lowest BCUT2D eigenvalue weighted by molar-refractivity contribution is 0.0744. The van der Waals surface area contributed by atoms with Gasteiger partial charge in [0.2, 0.25) is 0 Å². The lowest BCUT2D eigenvalue weighted by Crippen LogP contribution is -2.48. The fraction of sp³-hybridized carbons (Fsp3) is 0.444. The zero-order chi connectivity index (χ0) is 24.6. The predicted molar refractivity (Wildman–Crippen MR) is 138 cm³/mol. The van der Waals surface area contributed by atoms with Crippen LogP contribution in [-0.2, 0) is 24.2 Å². The van der Waals surface area contributed by atoms with Gasteiger partial charge in [-0.15, -0.1) is 0 Å². The Kier molecular flexibility index (Phi) is 6.10. The number of hydrogen-bond acceptors (Lipinski definition) is 7. The molecule has 3 aliphatic rings. The first-order valence-corrected chi connectivity index (χ1v) is 12.8. The molecule has 0 saturated carbocycles. The van der Waals surface area contributed by atoms with E-state index in [0.29, 0.717) is 17.9 Å². The van der Waals surface area contributed by atoms with Gasteiger partial charge in [0.25, 0.3) is 5.91 Å². The summed E-state index contributed by atoms with van der Waals surface area (Å²) in [5.74, 6) is 0.592. The number of methoxy groups -OCH3 is 1. The monoisotopic (exact) mass is 488 g/mol. The molecule has 6 rings (SSSR count). The van der Waals surface area contributed by atoms with E-state index in [4.69, 9.17) is 4.74 Å². The van der Waals surface area contributed by atoms with E-state index in [1.54, 1.807) is 7.11 Å². The molecule has 9 heteroatoms. The van der Waals surface area contributed by atoms with Gasteiger partial charge in [-0.25, -0.2) is 4.98 Å². The summed E-state index contributed by atoms with van der Waals surface area (Å²) in [6, 6.07) is 8.04. The first-order chi connectivity index (χ1) is 17.7. The maximum absolute atomic E-state index is 12.8. The number of fused-ring (bicyclic) bond motifs is 2. The molecule has 188 valence electrons. The van der Waals surface area contributed by atoms with Crippen LogP contribution in [0.4, 0.5) is 17.2 Å². The van der Waals surface area contributed by atoms with E-state index in [-0.39, 0.29) is 24.7 Å². The summed E-state index contributed by atoms with van der Waals surface area (Å²) in [5, 5.41) is 20.8. The van der Waals surface area contributed by atoms with Gasteiger partial charge in [0.15, 0.2) is 0 Å². The highest BCUT2D eigenvalue weighted by molar-refractivity contribution is 6.06. The van der Waals surface area contributed by atoms with Crippen molar-refractivity contribution in [2.24, 2.45) is 0 Å². The number of carbonyl (C=O) groups is 1. The molecule has 1 amide bonds. The Bertz CT molecular complexity index is 1270. The number of piperidine rings is 1. The second-order valence-electron chi connectivity index (χ2n) is 9.83. The molecule has 0 aliphatic carbocycles. The van der Waals surface area contributed by atoms with Gasteiger partial charge in [-0.05, 0) is 61.4 Å². The molecule has 1 saturated heterocycles. The number of aromatic nitrogens is 3. The third-order valence-electron chi connectivity index (χ3n) is 7.79. The van der Waals surface area contributed by atoms with Gasteiger partial charge < -0.3 is 25.4 Å². The van der Waals surface area contributed by atoms with Crippen molar-refractivity contribution in [3.05, 3.63) is 53.5 Å². The maximum atomic E-state index is 12.8. The van der Waals surface area contributed by atoms with Crippen LogP contribution in [0.1, 0.15) is 47.3 Å². The summed E-state index contributed by atoms with van der Waals surface area (Å²) in [6.07, 6.45) is 9.07. The summed E-state index contributed by atoms with van der Waals surface area (Å²) >= 11 is 0. The van der Waals surface area contributed by atoms with Crippen LogP contribution >= 0.6 is 0 Å². The molecule has 2 aromatic heterocycles. The number of benzene rings is 1. The fourth-order valence-electron chi connectivity index (χ4n) is 5.81. The van der Waals surface area contributed by atoms with Crippen LogP contribution in [0.5, 0.6) is 0 Å². The minimum atomic E-state index is -0.0725. The summed E-state index contributed by atoms with van der Waals surface area (Å²) < 4.78 is 7.66. The predicted octanol–water partition coefficient (Wildman–Crippen LogP) is 3.24. The Morgan fingerprint density at radius 2 is 2.08 bits per heavy atom. The van der Waals surface area contributed by atoms with E-state index in [1.807, 2.05) is 30.6 Å². The second kappa shape index (κ2) is 9.55. The molecule has 36 heavy (non-hydrogen) atoms. The van der Waals surface area contributed by atoms with E-state index in [2.05, 4.69) is 36.4 Å². The Balaban J connectivity index is 1.27. The molecular formula is C27H32N6O3. The highest BCUT2D eigenvalue weighted by Gasteiger charge is 2.30. The Labute approximate surface area is 210 Å². The zero-order valence-corrected chi connectivity index (χ0v) is 20.5. The molecule has 9 nitrogen and oxygen atoms in total. The van der Waals surface area contributed by atoms with E-state index >= 15 is 0 Å². The lowest BCUT2D eigenvalue weighted by Gasteiger charge is -2.39. The molecule has 3 aromatic rings. The van der Waals surface area contributed by atoms with E-state index in [0.717, 1.165) is 66.8 Å². The number of aliphatic hydroxyl groups excluding tert-OH is 1. The number of nitrogens with one attached hydrogen (secondary N) is 2. The molecule has 3 N–H and O–H groups in total. The molecule has 5 heterocycles. The molecular weight excluding hydrogens is 456 g/mol. The van der Waals surface area contributed by atoms with Crippen LogP contribution in [0.25, 0.3) is 11.1 Å². The van der Waals surface area contributed by atoms with Gasteiger partial charge in [-0.2, -0.15) is 5.10 Å². The number of ether oxygens (including phenoxy) is 1. The summed E-state index contributed by atoms with van der Waals surface area (Å²) in [4.78, 5) is 19.6. The number of carbonyl (C=O) groups excluding carboxylic acids is 1. The number of aliphatic hydroxyl groups is 1. The zero-order valence-electron chi connectivity index (χ0n) is 20.5. The quantitative estimate of drug-likeness (QED) is 0.489. The molecule has 0 bridgehead atoms. The molecule has 1 aromatic carbocycles. The topological polar surface area (TPSA) is 105 Å². The van der Waals surface area contributed by atoms with Crippen LogP contribution in [-0.4, -0.2) is 58.2 Å². The van der Waals surface area contributed by atoms with Gasteiger partial charge >= 0.3 is 0 Å². The first-order valence-electron chi connectivity index (χ1n) is 12.8. The SMILES string of the molecule is CO[C@H]1CCC(CO)N(c2ccc(Nc3ccc(-c4cnn5c4CCCC5)c4c3C(=O)NC4)nc2)C1. The van der Waals surface area contributed by atoms with Crippen molar-refractivity contribution < 1.29 is 14.6 Å². The molecule has 2 atom stereocenters. The van der Waals surface area contributed by atoms with Crippen LogP contribution < -0.4 is 15.5 Å². The van der Waals surface area contributed by atoms with Gasteiger partial charge in [0.1, 0.15) is 5.82 Å². The van der Waals surface area contributed by atoms with Gasteiger partial charge in [-0.3, -0.25) is 9.48 Å². The van der Waals surface area contributed by atoms with E-state index < -0.39 is 0 Å². The largest absolute Gasteiger partial charge is 0.394 e. The highest BCUT2D eigenvalue weighted by Crippen LogP contribution is 2.37. The fourth-order valence-corrected chi connectivity index (χ4v) is 5.81. The van der Waals surface area contributed by atoms with Crippen molar-refractivity contribution >= 4 is 23.1 Å². The Morgan fingerprint density at radius 1 is 1.17 bits per heavy atom. The van der Waals surface area contributed by atoms with Crippen molar-refractivity contribution in [2.75, 3.05) is 30.5 Å². The number of aryl methyl sites for hydroxylation is 1. The molecule has 1 unspecified atom stereocenters. The number of anilines is 3. The van der Waals surface area contributed by atoms with Crippen molar-refractivity contribution in [3.8, 4) is 11.1 Å². The number of rotatable bonds is 6. The van der Waals surface area contributed by atoms with Crippen LogP contribution in [0.2, 0.25) is 0 Å². The molecule has 0 radical (unpaired) electrons. The van der Waals surface area contributed by atoms with E-state index in [9.17, 15) is 9.90 Å². The standard InChI is InChI=1S/C27H32N6O3/c1-36-19-7-5-18(16-34)32(15-19)17-6-10-25(28-12-17)31-23-9-8-20(22-13-29-27(35)26(22)23)21-14-30-33-11-3-2-4-24(21)33/h6,8-10,12,14,18-19,34H,2-5,7,11,13,15-16H2,1H3,(H,28,31)(H,29,35)/t18?,19-/m0/s1. The van der Waals surface area contributed by atoms with E-state index in [1.165, 1.54) is 12.1 Å². The average molecular weight is 489 g/mol. The van der Waals surface area contributed by atoms with Crippen molar-refractivity contribution in [3.63, 3.8) is 0 Å². The number of hydrogen-bond donors (Lipinski definition) is 3. The third kappa shape index (κ3) is 4.02. The normalized spacial score (nSPS) is 21.2. The Morgan fingerprint density at radius 3 is 2.89 bits per heavy atom. The Hall–Kier alpha value is -3.43. The third-order valence-corrected chi connectivity index (χ3v) is 7.79. The maximum Gasteiger partial charge on any atom is 0.254 e. The molecule has 0 spiro atoms. The van der Waals surface area contributed by atoms with Crippen molar-refractivity contribution in [2.45, 2.75) is 57.3 Å². The van der Waals surface area contributed by atoms with Gasteiger partial charge in [0, 0.05) is 38.0 Å². The summed E-state index contributed by atoms with van der Waals surface area (Å²) in [5.41, 5.74) is 6.84. The highest BCUT2D eigenvalue weighted by atomic mass is 16.5. The smallest absolute Gasteiger partial charge is 0.254 e. The summed E-state index contributed by atoms with van der Waals surface area (Å²) in [6.45, 7) is 2.29. The minimum Gasteiger partial charge on any atom is -0.394 e. The molecule has 3 aliphatic heterocycles. The summed E-state index contributed by atoms with van der Waals surface area (Å²) in [7, 11) is 1.73. The molecule has 1 fully saturated rings. The minimum absolute atomic E-state index is 0.0612. The van der Waals surface area contributed by atoms with Crippen LogP contribution in [0.3, 0.4) is 0 Å². The van der Waals surface area contributed by atoms with Gasteiger partial charge in [0.05, 0.1) is 48.1 Å². The number of nitrogens with zero attached hydrogens (tertiary/aromatic N) is 4. The average Bonchev–Trinajstić information content (AvgIpc) is 3.53. The van der Waals surface area contributed by atoms with Crippen molar-refractivity contribution in [1.82, 2.24) is 20.1 Å². The number of pyridine rings is 1. The van der Waals surface area contributed by atoms with Crippen LogP contribution in [0.15, 0.2) is 36.7 Å².